The highest BCUT2D eigenvalue weighted by molar-refractivity contribution is 7.56. The van der Waals surface area contributed by atoms with Gasteiger partial charge < -0.3 is 14.7 Å². The third kappa shape index (κ3) is 5.12. The quantitative estimate of drug-likeness (QED) is 0.674. The normalized spacial score (nSPS) is 13.7. The summed E-state index contributed by atoms with van der Waals surface area (Å²) in [6, 6.07) is 7.93. The summed E-state index contributed by atoms with van der Waals surface area (Å²) in [6.45, 7) is 11.4. The van der Waals surface area contributed by atoms with Crippen LogP contribution in [-0.2, 0) is 11.0 Å². The molecule has 0 saturated heterocycles. The number of hydrogen-bond donors (Lipinski definition) is 2. The summed E-state index contributed by atoms with van der Waals surface area (Å²) in [4.78, 5) is 9.40. The van der Waals surface area contributed by atoms with Gasteiger partial charge in [0.2, 0.25) is 7.37 Å². The van der Waals surface area contributed by atoms with Crippen molar-refractivity contribution in [3.63, 3.8) is 0 Å². The molecule has 1 atom stereocenters. The Morgan fingerprint density at radius 2 is 1.62 bits per heavy atom. The molecule has 26 heavy (non-hydrogen) atoms. The van der Waals surface area contributed by atoms with Crippen molar-refractivity contribution in [2.24, 2.45) is 0 Å². The summed E-state index contributed by atoms with van der Waals surface area (Å²) in [7, 11) is -3.20. The molecule has 0 saturated carbocycles. The summed E-state index contributed by atoms with van der Waals surface area (Å²) in [5.74, 6) is 1.26. The molecule has 0 amide bonds. The van der Waals surface area contributed by atoms with Crippen molar-refractivity contribution < 1.29 is 19.3 Å². The van der Waals surface area contributed by atoms with E-state index in [1.54, 1.807) is 0 Å². The molecule has 0 spiro atoms. The van der Waals surface area contributed by atoms with E-state index in [0.29, 0.717) is 11.5 Å². The number of phenols is 1. The number of aryl methyl sites for hydroxylation is 3. The molecule has 2 aromatic carbocycles. The van der Waals surface area contributed by atoms with Crippen molar-refractivity contribution in [2.45, 2.75) is 47.0 Å². The summed E-state index contributed by atoms with van der Waals surface area (Å²) >= 11 is 0. The predicted molar refractivity (Wildman–Crippen MR) is 107 cm³/mol. The van der Waals surface area contributed by atoms with Crippen LogP contribution in [-0.4, -0.2) is 23.0 Å². The van der Waals surface area contributed by atoms with Gasteiger partial charge in [-0.2, -0.15) is 0 Å². The molecule has 0 radical (unpaired) electrons. The Labute approximate surface area is 156 Å². The number of rotatable bonds is 6. The van der Waals surface area contributed by atoms with Crippen LogP contribution in [0, 0.1) is 20.8 Å². The van der Waals surface area contributed by atoms with E-state index in [1.807, 2.05) is 39.0 Å². The van der Waals surface area contributed by atoms with Crippen LogP contribution in [0.3, 0.4) is 0 Å². The molecular formula is C21H29O4P. The Kier molecular flexibility index (Phi) is 6.21. The van der Waals surface area contributed by atoms with Crippen molar-refractivity contribution in [1.29, 1.82) is 0 Å². The molecule has 0 aliphatic carbocycles. The number of phenolic OH excluding ortho intramolecular Hbond substituents is 1. The van der Waals surface area contributed by atoms with Gasteiger partial charge in [-0.1, -0.05) is 26.0 Å². The fraction of sp³-hybridized carbons (Fsp3) is 0.429. The third-order valence-electron chi connectivity index (χ3n) is 4.53. The molecule has 142 valence electrons. The van der Waals surface area contributed by atoms with E-state index in [-0.39, 0.29) is 12.3 Å². The smallest absolute Gasteiger partial charge is 0.233 e. The topological polar surface area (TPSA) is 66.8 Å². The number of aromatic hydroxyl groups is 1. The minimum Gasteiger partial charge on any atom is -0.507 e. The first-order valence-corrected chi connectivity index (χ1v) is 11.1. The molecule has 0 bridgehead atoms. The lowest BCUT2D eigenvalue weighted by Gasteiger charge is -2.17. The Bertz CT molecular complexity index is 826. The van der Waals surface area contributed by atoms with E-state index < -0.39 is 7.37 Å². The molecule has 1 unspecified atom stereocenters. The highest BCUT2D eigenvalue weighted by Gasteiger charge is 2.14. The second-order valence-corrected chi connectivity index (χ2v) is 9.90. The fourth-order valence-electron chi connectivity index (χ4n) is 3.14. The zero-order valence-electron chi connectivity index (χ0n) is 16.5. The number of benzene rings is 2. The van der Waals surface area contributed by atoms with Gasteiger partial charge >= 0.3 is 0 Å². The summed E-state index contributed by atoms with van der Waals surface area (Å²) in [6.07, 6.45) is 0.588. The lowest BCUT2D eigenvalue weighted by atomic mass is 9.91. The van der Waals surface area contributed by atoms with Crippen LogP contribution in [0.2, 0.25) is 0 Å². The van der Waals surface area contributed by atoms with Gasteiger partial charge in [-0.15, -0.1) is 0 Å². The highest BCUT2D eigenvalue weighted by Crippen LogP contribution is 2.36. The van der Waals surface area contributed by atoms with Crippen LogP contribution in [0.4, 0.5) is 0 Å². The lowest BCUT2D eigenvalue weighted by molar-refractivity contribution is 0.352. The van der Waals surface area contributed by atoms with E-state index in [1.165, 1.54) is 12.2 Å². The van der Waals surface area contributed by atoms with Gasteiger partial charge in [-0.3, -0.25) is 4.57 Å². The zero-order chi connectivity index (χ0) is 19.6. The standard InChI is InChI=1S/C21H29O4P/c1-13(2)19-10-17(7-16(5)21(19)22)11-20-14(3)8-18(9-15(20)4)25-12-26(6,23)24/h7-10,13,22H,11-12H2,1-6H3,(H,23,24). The molecule has 4 nitrogen and oxygen atoms in total. The van der Waals surface area contributed by atoms with Crippen molar-refractivity contribution >= 4 is 7.37 Å². The van der Waals surface area contributed by atoms with E-state index in [0.717, 1.165) is 34.2 Å². The monoisotopic (exact) mass is 376 g/mol. The summed E-state index contributed by atoms with van der Waals surface area (Å²) in [5.41, 5.74) is 6.40. The maximum absolute atomic E-state index is 11.4. The second kappa shape index (κ2) is 7.85. The average Bonchev–Trinajstić information content (AvgIpc) is 2.51. The second-order valence-electron chi connectivity index (χ2n) is 7.54. The van der Waals surface area contributed by atoms with E-state index in [4.69, 9.17) is 4.74 Å². The molecule has 0 heterocycles. The maximum atomic E-state index is 11.4. The van der Waals surface area contributed by atoms with Gasteiger partial charge in [0.1, 0.15) is 11.5 Å². The zero-order valence-corrected chi connectivity index (χ0v) is 17.4. The maximum Gasteiger partial charge on any atom is 0.233 e. The van der Waals surface area contributed by atoms with Crippen molar-refractivity contribution in [3.8, 4) is 11.5 Å². The van der Waals surface area contributed by atoms with Crippen LogP contribution >= 0.6 is 7.37 Å². The molecule has 2 aromatic rings. The Balaban J connectivity index is 2.32. The molecular weight excluding hydrogens is 347 g/mol. The van der Waals surface area contributed by atoms with Crippen LogP contribution in [0.5, 0.6) is 11.5 Å². The molecule has 0 fully saturated rings. The van der Waals surface area contributed by atoms with E-state index in [9.17, 15) is 14.6 Å². The first kappa shape index (κ1) is 20.5. The SMILES string of the molecule is Cc1cc(Cc2c(C)cc(OCP(C)(=O)O)cc2C)cc(C(C)C)c1O. The van der Waals surface area contributed by atoms with Gasteiger partial charge in [0.25, 0.3) is 0 Å². The molecule has 2 rings (SSSR count). The van der Waals surface area contributed by atoms with Crippen molar-refractivity contribution in [2.75, 3.05) is 13.0 Å². The largest absolute Gasteiger partial charge is 0.507 e. The van der Waals surface area contributed by atoms with Crippen LogP contribution in [0.25, 0.3) is 0 Å². The Morgan fingerprint density at radius 1 is 1.04 bits per heavy atom. The van der Waals surface area contributed by atoms with Gasteiger partial charge in [0.05, 0.1) is 0 Å². The lowest BCUT2D eigenvalue weighted by Crippen LogP contribution is -2.02. The van der Waals surface area contributed by atoms with Gasteiger partial charge in [-0.25, -0.2) is 0 Å². The van der Waals surface area contributed by atoms with E-state index >= 15 is 0 Å². The molecule has 0 aliphatic rings. The van der Waals surface area contributed by atoms with Crippen LogP contribution in [0.1, 0.15) is 53.1 Å². The van der Waals surface area contributed by atoms with Gasteiger partial charge in [0, 0.05) is 6.66 Å². The van der Waals surface area contributed by atoms with Gasteiger partial charge in [-0.05, 0) is 78.6 Å². The third-order valence-corrected chi connectivity index (χ3v) is 5.14. The molecule has 2 N–H and O–H groups in total. The van der Waals surface area contributed by atoms with Crippen molar-refractivity contribution in [1.82, 2.24) is 0 Å². The Hall–Kier alpha value is -1.77. The average molecular weight is 376 g/mol. The molecule has 5 heteroatoms. The minimum atomic E-state index is -3.20. The van der Waals surface area contributed by atoms with Gasteiger partial charge in [0.15, 0.2) is 6.35 Å². The summed E-state index contributed by atoms with van der Waals surface area (Å²) < 4.78 is 16.9. The number of ether oxygens (including phenoxy) is 1. The molecule has 0 aliphatic heterocycles. The fourth-order valence-corrected chi connectivity index (χ4v) is 3.53. The minimum absolute atomic E-state index is 0.180. The Morgan fingerprint density at radius 3 is 2.12 bits per heavy atom. The number of hydrogen-bond acceptors (Lipinski definition) is 3. The van der Waals surface area contributed by atoms with E-state index in [2.05, 4.69) is 19.9 Å². The predicted octanol–water partition coefficient (Wildman–Crippen LogP) is 5.27. The first-order chi connectivity index (χ1) is 12.0. The van der Waals surface area contributed by atoms with Crippen LogP contribution < -0.4 is 4.74 Å². The molecule has 0 aromatic heterocycles. The van der Waals surface area contributed by atoms with Crippen LogP contribution in [0.15, 0.2) is 24.3 Å². The summed E-state index contributed by atoms with van der Waals surface area (Å²) in [5, 5.41) is 10.3. The first-order valence-electron chi connectivity index (χ1n) is 8.82. The highest BCUT2D eigenvalue weighted by atomic mass is 31.2. The van der Waals surface area contributed by atoms with Crippen molar-refractivity contribution in [3.05, 3.63) is 57.6 Å².